The van der Waals surface area contributed by atoms with E-state index in [1.54, 1.807) is 7.11 Å². The maximum atomic E-state index is 11.6. The molecule has 1 aromatic heterocycles. The van der Waals surface area contributed by atoms with Crippen LogP contribution in [0.1, 0.15) is 38.9 Å². The van der Waals surface area contributed by atoms with Gasteiger partial charge in [-0.3, -0.25) is 4.79 Å². The molecule has 0 atom stereocenters. The molecule has 1 heterocycles. The van der Waals surface area contributed by atoms with Crippen LogP contribution in [0.5, 0.6) is 0 Å². The standard InChI is InChI=1S/C12H21N3O3/c1-12(2,3)11(16)13-7-5-6-10-14-9(8-17-4)15-18-10/h5-8H2,1-4H3,(H,13,16). The Balaban J connectivity index is 2.23. The van der Waals surface area contributed by atoms with Gasteiger partial charge in [0.1, 0.15) is 6.61 Å². The fourth-order valence-corrected chi connectivity index (χ4v) is 1.29. The van der Waals surface area contributed by atoms with E-state index in [2.05, 4.69) is 15.5 Å². The molecule has 0 aromatic carbocycles. The monoisotopic (exact) mass is 255 g/mol. The summed E-state index contributed by atoms with van der Waals surface area (Å²) in [6.45, 7) is 6.62. The number of aryl methyl sites for hydroxylation is 1. The molecule has 0 saturated carbocycles. The van der Waals surface area contributed by atoms with Gasteiger partial charge < -0.3 is 14.6 Å². The van der Waals surface area contributed by atoms with Crippen LogP contribution in [0.2, 0.25) is 0 Å². The van der Waals surface area contributed by atoms with E-state index < -0.39 is 0 Å². The summed E-state index contributed by atoms with van der Waals surface area (Å²) in [5, 5.41) is 6.63. The van der Waals surface area contributed by atoms with Gasteiger partial charge in [-0.05, 0) is 6.42 Å². The van der Waals surface area contributed by atoms with E-state index >= 15 is 0 Å². The van der Waals surface area contributed by atoms with Crippen molar-refractivity contribution in [3.8, 4) is 0 Å². The van der Waals surface area contributed by atoms with Gasteiger partial charge in [0.2, 0.25) is 11.8 Å². The minimum absolute atomic E-state index is 0.0492. The molecule has 0 spiro atoms. The third kappa shape index (κ3) is 4.83. The Morgan fingerprint density at radius 1 is 1.44 bits per heavy atom. The SMILES string of the molecule is COCc1noc(CCCNC(=O)C(C)(C)C)n1. The van der Waals surface area contributed by atoms with Gasteiger partial charge in [-0.25, -0.2) is 0 Å². The summed E-state index contributed by atoms with van der Waals surface area (Å²) in [5.41, 5.74) is -0.351. The van der Waals surface area contributed by atoms with Crippen molar-refractivity contribution in [3.63, 3.8) is 0 Å². The smallest absolute Gasteiger partial charge is 0.226 e. The number of nitrogens with zero attached hydrogens (tertiary/aromatic N) is 2. The minimum atomic E-state index is -0.351. The number of ether oxygens (including phenoxy) is 1. The van der Waals surface area contributed by atoms with Crippen LogP contribution < -0.4 is 5.32 Å². The van der Waals surface area contributed by atoms with Crippen LogP contribution in [0.3, 0.4) is 0 Å². The molecule has 1 rings (SSSR count). The van der Waals surface area contributed by atoms with Crippen LogP contribution in [0, 0.1) is 5.41 Å². The van der Waals surface area contributed by atoms with Gasteiger partial charge in [0, 0.05) is 25.5 Å². The molecule has 0 aliphatic carbocycles. The third-order valence-electron chi connectivity index (χ3n) is 2.32. The average Bonchev–Trinajstić information content (AvgIpc) is 2.71. The highest BCUT2D eigenvalue weighted by Gasteiger charge is 2.20. The first-order valence-corrected chi connectivity index (χ1v) is 6.02. The number of carbonyl (C=O) groups excluding carboxylic acids is 1. The second-order valence-corrected chi connectivity index (χ2v) is 5.15. The lowest BCUT2D eigenvalue weighted by molar-refractivity contribution is -0.128. The van der Waals surface area contributed by atoms with E-state index in [1.165, 1.54) is 0 Å². The van der Waals surface area contributed by atoms with Gasteiger partial charge >= 0.3 is 0 Å². The van der Waals surface area contributed by atoms with Gasteiger partial charge in [-0.1, -0.05) is 25.9 Å². The molecule has 0 unspecified atom stereocenters. The van der Waals surface area contributed by atoms with E-state index in [4.69, 9.17) is 9.26 Å². The summed E-state index contributed by atoms with van der Waals surface area (Å²) in [7, 11) is 1.58. The zero-order chi connectivity index (χ0) is 13.6. The molecule has 0 aliphatic heterocycles. The molecule has 0 saturated heterocycles. The second-order valence-electron chi connectivity index (χ2n) is 5.15. The predicted octanol–water partition coefficient (Wildman–Crippen LogP) is 1.31. The van der Waals surface area contributed by atoms with E-state index in [9.17, 15) is 4.79 Å². The van der Waals surface area contributed by atoms with Crippen LogP contribution >= 0.6 is 0 Å². The quantitative estimate of drug-likeness (QED) is 0.775. The second kappa shape index (κ2) is 6.49. The largest absolute Gasteiger partial charge is 0.377 e. The number of carbonyl (C=O) groups is 1. The van der Waals surface area contributed by atoms with Crippen molar-refractivity contribution in [2.24, 2.45) is 5.41 Å². The summed E-state index contributed by atoms with van der Waals surface area (Å²) in [6.07, 6.45) is 1.43. The zero-order valence-corrected chi connectivity index (χ0v) is 11.4. The zero-order valence-electron chi connectivity index (χ0n) is 11.4. The number of aromatic nitrogens is 2. The van der Waals surface area contributed by atoms with Crippen LogP contribution in [-0.4, -0.2) is 29.7 Å². The Morgan fingerprint density at radius 3 is 2.78 bits per heavy atom. The van der Waals surface area contributed by atoms with Crippen molar-refractivity contribution in [1.82, 2.24) is 15.5 Å². The molecule has 1 amide bonds. The molecule has 1 N–H and O–H groups in total. The first kappa shape index (κ1) is 14.6. The molecule has 0 aliphatic rings. The molecule has 102 valence electrons. The number of hydrogen-bond donors (Lipinski definition) is 1. The summed E-state index contributed by atoms with van der Waals surface area (Å²) < 4.78 is 9.93. The number of nitrogens with one attached hydrogen (secondary N) is 1. The van der Waals surface area contributed by atoms with Crippen molar-refractivity contribution in [2.75, 3.05) is 13.7 Å². The van der Waals surface area contributed by atoms with Crippen molar-refractivity contribution in [1.29, 1.82) is 0 Å². The lowest BCUT2D eigenvalue weighted by Crippen LogP contribution is -2.35. The third-order valence-corrected chi connectivity index (χ3v) is 2.32. The van der Waals surface area contributed by atoms with E-state index in [0.29, 0.717) is 31.3 Å². The molecule has 6 heteroatoms. The molecule has 6 nitrogen and oxygen atoms in total. The van der Waals surface area contributed by atoms with Gasteiger partial charge in [-0.15, -0.1) is 0 Å². The Labute approximate surface area is 107 Å². The Morgan fingerprint density at radius 2 is 2.17 bits per heavy atom. The highest BCUT2D eigenvalue weighted by molar-refractivity contribution is 5.81. The maximum absolute atomic E-state index is 11.6. The van der Waals surface area contributed by atoms with Crippen LogP contribution in [0.4, 0.5) is 0 Å². The first-order chi connectivity index (χ1) is 8.43. The van der Waals surface area contributed by atoms with Crippen LogP contribution in [0.25, 0.3) is 0 Å². The molecule has 0 fully saturated rings. The predicted molar refractivity (Wildman–Crippen MR) is 65.8 cm³/mol. The van der Waals surface area contributed by atoms with E-state index in [0.717, 1.165) is 6.42 Å². The molecule has 18 heavy (non-hydrogen) atoms. The van der Waals surface area contributed by atoms with Gasteiger partial charge in [0.05, 0.1) is 0 Å². The molecular formula is C12H21N3O3. The van der Waals surface area contributed by atoms with Crippen molar-refractivity contribution < 1.29 is 14.1 Å². The Bertz CT molecular complexity index is 382. The van der Waals surface area contributed by atoms with Gasteiger partial charge in [0.25, 0.3) is 0 Å². The van der Waals surface area contributed by atoms with E-state index in [1.807, 2.05) is 20.8 Å². The number of methoxy groups -OCH3 is 1. The molecule has 0 radical (unpaired) electrons. The molecule has 1 aromatic rings. The van der Waals surface area contributed by atoms with Crippen molar-refractivity contribution in [3.05, 3.63) is 11.7 Å². The lowest BCUT2D eigenvalue weighted by Gasteiger charge is -2.17. The molecule has 0 bridgehead atoms. The van der Waals surface area contributed by atoms with Crippen molar-refractivity contribution in [2.45, 2.75) is 40.2 Å². The van der Waals surface area contributed by atoms with Gasteiger partial charge in [0.15, 0.2) is 5.82 Å². The Kier molecular flexibility index (Phi) is 5.27. The summed E-state index contributed by atoms with van der Waals surface area (Å²) in [5.74, 6) is 1.17. The molecular weight excluding hydrogens is 234 g/mol. The number of rotatable bonds is 6. The highest BCUT2D eigenvalue weighted by Crippen LogP contribution is 2.12. The van der Waals surface area contributed by atoms with Crippen LogP contribution in [-0.2, 0) is 22.6 Å². The fourth-order valence-electron chi connectivity index (χ4n) is 1.29. The summed E-state index contributed by atoms with van der Waals surface area (Å²) in [4.78, 5) is 15.7. The number of amides is 1. The van der Waals surface area contributed by atoms with Crippen molar-refractivity contribution >= 4 is 5.91 Å². The maximum Gasteiger partial charge on any atom is 0.226 e. The van der Waals surface area contributed by atoms with Crippen LogP contribution in [0.15, 0.2) is 4.52 Å². The summed E-state index contributed by atoms with van der Waals surface area (Å²) in [6, 6.07) is 0. The Hall–Kier alpha value is -1.43. The normalized spacial score (nSPS) is 11.6. The number of hydrogen-bond acceptors (Lipinski definition) is 5. The topological polar surface area (TPSA) is 77.3 Å². The first-order valence-electron chi connectivity index (χ1n) is 6.02. The highest BCUT2D eigenvalue weighted by atomic mass is 16.5. The minimum Gasteiger partial charge on any atom is -0.377 e. The van der Waals surface area contributed by atoms with E-state index in [-0.39, 0.29) is 11.3 Å². The summed E-state index contributed by atoms with van der Waals surface area (Å²) >= 11 is 0. The lowest BCUT2D eigenvalue weighted by atomic mass is 9.96. The van der Waals surface area contributed by atoms with Gasteiger partial charge in [-0.2, -0.15) is 4.98 Å². The average molecular weight is 255 g/mol. The fraction of sp³-hybridized carbons (Fsp3) is 0.750.